The molecule has 2 rings (SSSR count). The standard InChI is InChI=1S/C12H5ClF4N2O3/c13-8-3-6(12(15,16)17)5-18-11(8)22-10-2-1-7(19(20)21)4-9(10)14/h1-5H. The van der Waals surface area contributed by atoms with E-state index in [1.807, 2.05) is 0 Å². The SMILES string of the molecule is O=[N+]([O-])c1ccc(Oc2ncc(C(F)(F)F)cc2Cl)c(F)c1. The van der Waals surface area contributed by atoms with Crippen molar-refractivity contribution in [3.05, 3.63) is 57.0 Å². The van der Waals surface area contributed by atoms with Gasteiger partial charge in [-0.15, -0.1) is 0 Å². The molecule has 0 N–H and O–H groups in total. The van der Waals surface area contributed by atoms with Gasteiger partial charge in [0.05, 0.1) is 16.6 Å². The van der Waals surface area contributed by atoms with Crippen LogP contribution in [0.2, 0.25) is 5.02 Å². The monoisotopic (exact) mass is 336 g/mol. The van der Waals surface area contributed by atoms with Gasteiger partial charge < -0.3 is 4.74 Å². The Balaban J connectivity index is 2.30. The summed E-state index contributed by atoms with van der Waals surface area (Å²) in [5, 5.41) is 9.99. The van der Waals surface area contributed by atoms with E-state index in [-0.39, 0.29) is 0 Å². The average Bonchev–Trinajstić information content (AvgIpc) is 2.41. The number of benzene rings is 1. The molecule has 5 nitrogen and oxygen atoms in total. The van der Waals surface area contributed by atoms with E-state index in [0.717, 1.165) is 12.1 Å². The molecule has 1 aromatic heterocycles. The molecule has 0 aliphatic carbocycles. The molecule has 0 unspecified atom stereocenters. The number of pyridine rings is 1. The maximum Gasteiger partial charge on any atom is 0.417 e. The summed E-state index contributed by atoms with van der Waals surface area (Å²) in [5.41, 5.74) is -1.59. The first-order chi connectivity index (χ1) is 10.2. The first-order valence-electron chi connectivity index (χ1n) is 5.53. The Hall–Kier alpha value is -2.42. The fourth-order valence-corrected chi connectivity index (χ4v) is 1.65. The van der Waals surface area contributed by atoms with Gasteiger partial charge in [0.25, 0.3) is 5.69 Å². The second kappa shape index (κ2) is 5.76. The largest absolute Gasteiger partial charge is 0.434 e. The van der Waals surface area contributed by atoms with Gasteiger partial charge in [-0.3, -0.25) is 10.1 Å². The van der Waals surface area contributed by atoms with Crippen molar-refractivity contribution in [2.75, 3.05) is 0 Å². The topological polar surface area (TPSA) is 65.3 Å². The summed E-state index contributed by atoms with van der Waals surface area (Å²) in [6, 6.07) is 3.10. The van der Waals surface area contributed by atoms with Gasteiger partial charge in [0, 0.05) is 12.3 Å². The van der Waals surface area contributed by atoms with Crippen LogP contribution in [0.3, 0.4) is 0 Å². The minimum Gasteiger partial charge on any atom is -0.434 e. The molecule has 0 spiro atoms. The highest BCUT2D eigenvalue weighted by Gasteiger charge is 2.32. The number of nitro benzene ring substituents is 1. The van der Waals surface area contributed by atoms with E-state index < -0.39 is 44.8 Å². The summed E-state index contributed by atoms with van der Waals surface area (Å²) >= 11 is 5.60. The molecule has 116 valence electrons. The molecule has 1 aromatic carbocycles. The molecule has 0 fully saturated rings. The number of aromatic nitrogens is 1. The predicted octanol–water partition coefficient (Wildman–Crippen LogP) is 4.59. The quantitative estimate of drug-likeness (QED) is 0.467. The number of halogens is 5. The molecule has 0 aliphatic heterocycles. The third kappa shape index (κ3) is 3.42. The Bertz CT molecular complexity index is 737. The normalized spacial score (nSPS) is 11.3. The zero-order valence-corrected chi connectivity index (χ0v) is 11.2. The molecule has 1 heterocycles. The second-order valence-electron chi connectivity index (χ2n) is 3.98. The van der Waals surface area contributed by atoms with Gasteiger partial charge in [-0.05, 0) is 12.1 Å². The van der Waals surface area contributed by atoms with Gasteiger partial charge >= 0.3 is 6.18 Å². The molecule has 10 heteroatoms. The third-order valence-electron chi connectivity index (χ3n) is 2.47. The first kappa shape index (κ1) is 16.0. The van der Waals surface area contributed by atoms with Gasteiger partial charge in [0.15, 0.2) is 11.6 Å². The van der Waals surface area contributed by atoms with Crippen LogP contribution in [0.25, 0.3) is 0 Å². The fourth-order valence-electron chi connectivity index (χ4n) is 1.45. The fraction of sp³-hybridized carbons (Fsp3) is 0.0833. The Morgan fingerprint density at radius 1 is 1.27 bits per heavy atom. The molecule has 22 heavy (non-hydrogen) atoms. The lowest BCUT2D eigenvalue weighted by molar-refractivity contribution is -0.385. The van der Waals surface area contributed by atoms with Crippen LogP contribution in [0, 0.1) is 15.9 Å². The number of hydrogen-bond donors (Lipinski definition) is 0. The molecule has 0 radical (unpaired) electrons. The van der Waals surface area contributed by atoms with E-state index in [4.69, 9.17) is 16.3 Å². The lowest BCUT2D eigenvalue weighted by Crippen LogP contribution is -2.06. The number of rotatable bonds is 3. The summed E-state index contributed by atoms with van der Waals surface area (Å²) < 4.78 is 55.9. The molecule has 0 bridgehead atoms. The zero-order chi connectivity index (χ0) is 16.5. The van der Waals surface area contributed by atoms with Crippen molar-refractivity contribution in [3.8, 4) is 11.6 Å². The van der Waals surface area contributed by atoms with Gasteiger partial charge in [-0.2, -0.15) is 13.2 Å². The molecule has 0 saturated heterocycles. The summed E-state index contributed by atoms with van der Waals surface area (Å²) in [5.74, 6) is -1.99. The van der Waals surface area contributed by atoms with Crippen LogP contribution in [0.1, 0.15) is 5.56 Å². The Morgan fingerprint density at radius 3 is 2.45 bits per heavy atom. The van der Waals surface area contributed by atoms with Gasteiger partial charge in [0.2, 0.25) is 5.88 Å². The minimum atomic E-state index is -4.63. The van der Waals surface area contributed by atoms with Gasteiger partial charge in [0.1, 0.15) is 5.02 Å². The maximum absolute atomic E-state index is 13.6. The van der Waals surface area contributed by atoms with Gasteiger partial charge in [-0.25, -0.2) is 9.37 Å². The van der Waals surface area contributed by atoms with Crippen LogP contribution in [0.5, 0.6) is 11.6 Å². The molecule has 0 atom stereocenters. The summed E-state index contributed by atoms with van der Waals surface area (Å²) in [4.78, 5) is 13.0. The lowest BCUT2D eigenvalue weighted by Gasteiger charge is -2.10. The van der Waals surface area contributed by atoms with Crippen LogP contribution in [-0.4, -0.2) is 9.91 Å². The highest BCUT2D eigenvalue weighted by molar-refractivity contribution is 6.31. The summed E-state index contributed by atoms with van der Waals surface area (Å²) in [6.45, 7) is 0. The van der Waals surface area contributed by atoms with Crippen LogP contribution in [-0.2, 0) is 6.18 Å². The van der Waals surface area contributed by atoms with Crippen molar-refractivity contribution in [2.45, 2.75) is 6.18 Å². The number of non-ortho nitro benzene ring substituents is 1. The van der Waals surface area contributed by atoms with E-state index in [9.17, 15) is 27.7 Å². The van der Waals surface area contributed by atoms with E-state index in [2.05, 4.69) is 4.98 Å². The van der Waals surface area contributed by atoms with Crippen molar-refractivity contribution >= 4 is 17.3 Å². The molecular weight excluding hydrogens is 332 g/mol. The first-order valence-corrected chi connectivity index (χ1v) is 5.91. The van der Waals surface area contributed by atoms with Gasteiger partial charge in [-0.1, -0.05) is 11.6 Å². The molecule has 0 aliphatic rings. The maximum atomic E-state index is 13.6. The molecule has 2 aromatic rings. The second-order valence-corrected chi connectivity index (χ2v) is 4.39. The number of alkyl halides is 3. The van der Waals surface area contributed by atoms with E-state index >= 15 is 0 Å². The van der Waals surface area contributed by atoms with Crippen LogP contribution in [0.15, 0.2) is 30.5 Å². The lowest BCUT2D eigenvalue weighted by atomic mass is 10.3. The summed E-state index contributed by atoms with van der Waals surface area (Å²) in [7, 11) is 0. The van der Waals surface area contributed by atoms with Crippen molar-refractivity contribution in [1.82, 2.24) is 4.98 Å². The number of hydrogen-bond acceptors (Lipinski definition) is 4. The number of nitrogens with zero attached hydrogens (tertiary/aromatic N) is 2. The van der Waals surface area contributed by atoms with Crippen molar-refractivity contribution < 1.29 is 27.2 Å². The number of nitro groups is 1. The minimum absolute atomic E-state index is 0.456. The van der Waals surface area contributed by atoms with Crippen molar-refractivity contribution in [2.24, 2.45) is 0 Å². The summed E-state index contributed by atoms with van der Waals surface area (Å²) in [6.07, 6.45) is -4.15. The predicted molar refractivity (Wildman–Crippen MR) is 67.4 cm³/mol. The third-order valence-corrected chi connectivity index (χ3v) is 2.74. The van der Waals surface area contributed by atoms with E-state index in [0.29, 0.717) is 18.3 Å². The molecule has 0 amide bonds. The Morgan fingerprint density at radius 2 is 1.95 bits per heavy atom. The molecular formula is C12H5ClF4N2O3. The zero-order valence-electron chi connectivity index (χ0n) is 10.4. The Labute approximate surface area is 125 Å². The molecule has 0 saturated carbocycles. The van der Waals surface area contributed by atoms with E-state index in [1.165, 1.54) is 0 Å². The van der Waals surface area contributed by atoms with E-state index in [1.54, 1.807) is 0 Å². The van der Waals surface area contributed by atoms with Crippen LogP contribution in [0.4, 0.5) is 23.2 Å². The highest BCUT2D eigenvalue weighted by Crippen LogP contribution is 2.35. The van der Waals surface area contributed by atoms with Crippen molar-refractivity contribution in [3.63, 3.8) is 0 Å². The van der Waals surface area contributed by atoms with Crippen molar-refractivity contribution in [1.29, 1.82) is 0 Å². The van der Waals surface area contributed by atoms with Crippen LogP contribution < -0.4 is 4.74 Å². The smallest absolute Gasteiger partial charge is 0.417 e. The number of ether oxygens (including phenoxy) is 1. The highest BCUT2D eigenvalue weighted by atomic mass is 35.5. The Kier molecular flexibility index (Phi) is 4.18. The van der Waals surface area contributed by atoms with Crippen LogP contribution >= 0.6 is 11.6 Å². The average molecular weight is 337 g/mol.